The Kier molecular flexibility index (Phi) is 4.46. The van der Waals surface area contributed by atoms with Crippen LogP contribution >= 0.6 is 0 Å². The third-order valence-electron chi connectivity index (χ3n) is 3.17. The molecule has 112 valence electrons. The Morgan fingerprint density at radius 1 is 1.24 bits per heavy atom. The van der Waals surface area contributed by atoms with Crippen LogP contribution in [0.5, 0.6) is 0 Å². The summed E-state index contributed by atoms with van der Waals surface area (Å²) in [6.07, 6.45) is 0.632. The maximum atomic E-state index is 11.9. The molecule has 0 saturated heterocycles. The Hall–Kier alpha value is -2.10. The van der Waals surface area contributed by atoms with Crippen LogP contribution in [-0.2, 0) is 11.2 Å². The van der Waals surface area contributed by atoms with Crippen molar-refractivity contribution in [1.29, 1.82) is 0 Å². The van der Waals surface area contributed by atoms with Gasteiger partial charge in [-0.25, -0.2) is 4.98 Å². The molecule has 0 aliphatic rings. The zero-order chi connectivity index (χ0) is 15.5. The van der Waals surface area contributed by atoms with E-state index < -0.39 is 0 Å². The third kappa shape index (κ3) is 3.94. The summed E-state index contributed by atoms with van der Waals surface area (Å²) in [5, 5.41) is 2.93. The summed E-state index contributed by atoms with van der Waals surface area (Å²) in [6.45, 7) is 8.08. The molecular weight excluding hydrogens is 264 g/mol. The highest BCUT2D eigenvalue weighted by atomic mass is 16.4. The third-order valence-corrected chi connectivity index (χ3v) is 3.17. The first-order valence-corrected chi connectivity index (χ1v) is 7.18. The normalized spacial score (nSPS) is 11.4. The lowest BCUT2D eigenvalue weighted by Crippen LogP contribution is -2.35. The first-order valence-electron chi connectivity index (χ1n) is 7.18. The van der Waals surface area contributed by atoms with Gasteiger partial charge in [0.05, 0.1) is 0 Å². The number of nitrogens with one attached hydrogen (secondary N) is 1. The maximum absolute atomic E-state index is 11.9. The summed E-state index contributed by atoms with van der Waals surface area (Å²) in [6, 6.07) is 9.94. The molecule has 2 aromatic rings. The summed E-state index contributed by atoms with van der Waals surface area (Å²) in [5.74, 6) is 1.50. The van der Waals surface area contributed by atoms with E-state index in [1.807, 2.05) is 58.0 Å². The van der Waals surface area contributed by atoms with E-state index in [0.29, 0.717) is 18.9 Å². The average Bonchev–Trinajstić information content (AvgIpc) is 2.80. The number of carbonyl (C=O) groups is 1. The summed E-state index contributed by atoms with van der Waals surface area (Å²) in [7, 11) is 0. The van der Waals surface area contributed by atoms with Gasteiger partial charge in [0.1, 0.15) is 11.5 Å². The lowest BCUT2D eigenvalue weighted by molar-refractivity contribution is -0.128. The van der Waals surface area contributed by atoms with Crippen LogP contribution in [-0.4, -0.2) is 17.4 Å². The standard InChI is InChI=1S/C17H22N2O2/c1-12-19-15(13-8-6-5-7-9-13)14(21-12)10-11-18-16(20)17(2,3)4/h5-9H,10-11H2,1-4H3,(H,18,20). The number of oxazole rings is 1. The molecule has 2 rings (SSSR count). The van der Waals surface area contributed by atoms with Gasteiger partial charge in [-0.15, -0.1) is 0 Å². The van der Waals surface area contributed by atoms with Crippen molar-refractivity contribution < 1.29 is 9.21 Å². The van der Waals surface area contributed by atoms with Crippen molar-refractivity contribution in [3.05, 3.63) is 42.0 Å². The van der Waals surface area contributed by atoms with E-state index in [9.17, 15) is 4.79 Å². The minimum absolute atomic E-state index is 0.0417. The minimum Gasteiger partial charge on any atom is -0.445 e. The van der Waals surface area contributed by atoms with Crippen molar-refractivity contribution in [2.45, 2.75) is 34.1 Å². The van der Waals surface area contributed by atoms with Gasteiger partial charge in [0.15, 0.2) is 5.89 Å². The van der Waals surface area contributed by atoms with E-state index in [-0.39, 0.29) is 11.3 Å². The Labute approximate surface area is 125 Å². The molecule has 0 spiro atoms. The number of amides is 1. The van der Waals surface area contributed by atoms with Crippen molar-refractivity contribution in [3.63, 3.8) is 0 Å². The molecule has 1 aromatic heterocycles. The number of hydrogen-bond donors (Lipinski definition) is 1. The van der Waals surface area contributed by atoms with Crippen LogP contribution in [0.3, 0.4) is 0 Å². The summed E-state index contributed by atoms with van der Waals surface area (Å²) in [4.78, 5) is 16.3. The van der Waals surface area contributed by atoms with Gasteiger partial charge in [-0.3, -0.25) is 4.79 Å². The van der Waals surface area contributed by atoms with Gasteiger partial charge in [0.25, 0.3) is 0 Å². The van der Waals surface area contributed by atoms with Crippen molar-refractivity contribution in [3.8, 4) is 11.3 Å². The monoisotopic (exact) mass is 286 g/mol. The molecule has 0 bridgehead atoms. The number of carbonyl (C=O) groups excluding carboxylic acids is 1. The Morgan fingerprint density at radius 2 is 1.90 bits per heavy atom. The number of aromatic nitrogens is 1. The van der Waals surface area contributed by atoms with Crippen molar-refractivity contribution in [2.75, 3.05) is 6.54 Å². The van der Waals surface area contributed by atoms with E-state index in [2.05, 4.69) is 10.3 Å². The highest BCUT2D eigenvalue weighted by Crippen LogP contribution is 2.24. The van der Waals surface area contributed by atoms with Crippen LogP contribution in [0.25, 0.3) is 11.3 Å². The first kappa shape index (κ1) is 15.3. The lowest BCUT2D eigenvalue weighted by atomic mass is 9.96. The molecule has 0 atom stereocenters. The van der Waals surface area contributed by atoms with Crippen molar-refractivity contribution in [1.82, 2.24) is 10.3 Å². The van der Waals surface area contributed by atoms with Gasteiger partial charge in [0.2, 0.25) is 5.91 Å². The van der Waals surface area contributed by atoms with Crippen molar-refractivity contribution in [2.24, 2.45) is 5.41 Å². The summed E-state index contributed by atoms with van der Waals surface area (Å²) in [5.41, 5.74) is 1.52. The molecule has 0 saturated carbocycles. The maximum Gasteiger partial charge on any atom is 0.225 e. The van der Waals surface area contributed by atoms with Crippen LogP contribution < -0.4 is 5.32 Å². The second kappa shape index (κ2) is 6.12. The van der Waals surface area contributed by atoms with Gasteiger partial charge in [-0.05, 0) is 0 Å². The molecule has 1 amide bonds. The Morgan fingerprint density at radius 3 is 2.52 bits per heavy atom. The van der Waals surface area contributed by atoms with Gasteiger partial charge in [-0.2, -0.15) is 0 Å². The molecule has 21 heavy (non-hydrogen) atoms. The van der Waals surface area contributed by atoms with Crippen LogP contribution in [0.1, 0.15) is 32.4 Å². The van der Waals surface area contributed by atoms with E-state index >= 15 is 0 Å². The smallest absolute Gasteiger partial charge is 0.225 e. The van der Waals surface area contributed by atoms with E-state index in [1.54, 1.807) is 0 Å². The zero-order valence-corrected chi connectivity index (χ0v) is 13.1. The highest BCUT2D eigenvalue weighted by Gasteiger charge is 2.21. The molecule has 0 unspecified atom stereocenters. The molecule has 1 heterocycles. The van der Waals surface area contributed by atoms with E-state index in [0.717, 1.165) is 17.0 Å². The second-order valence-corrected chi connectivity index (χ2v) is 6.13. The zero-order valence-electron chi connectivity index (χ0n) is 13.1. The van der Waals surface area contributed by atoms with Gasteiger partial charge < -0.3 is 9.73 Å². The molecule has 0 fully saturated rings. The molecule has 1 aromatic carbocycles. The predicted molar refractivity (Wildman–Crippen MR) is 82.8 cm³/mol. The number of benzene rings is 1. The van der Waals surface area contributed by atoms with E-state index in [4.69, 9.17) is 4.42 Å². The Balaban J connectivity index is 2.06. The second-order valence-electron chi connectivity index (χ2n) is 6.13. The predicted octanol–water partition coefficient (Wildman–Crippen LogP) is 3.35. The largest absolute Gasteiger partial charge is 0.445 e. The van der Waals surface area contributed by atoms with Gasteiger partial charge in [-0.1, -0.05) is 51.1 Å². The van der Waals surface area contributed by atoms with Crippen LogP contribution in [0.2, 0.25) is 0 Å². The van der Waals surface area contributed by atoms with Crippen LogP contribution in [0, 0.1) is 12.3 Å². The molecule has 4 heteroatoms. The molecule has 0 radical (unpaired) electrons. The Bertz CT molecular complexity index is 609. The molecule has 0 aliphatic heterocycles. The quantitative estimate of drug-likeness (QED) is 0.937. The van der Waals surface area contributed by atoms with Crippen molar-refractivity contribution >= 4 is 5.91 Å². The molecule has 4 nitrogen and oxygen atoms in total. The first-order chi connectivity index (χ1) is 9.88. The molecular formula is C17H22N2O2. The SMILES string of the molecule is Cc1nc(-c2ccccc2)c(CCNC(=O)C(C)(C)C)o1. The fourth-order valence-electron chi connectivity index (χ4n) is 2.01. The minimum atomic E-state index is -0.375. The molecule has 1 N–H and O–H groups in total. The topological polar surface area (TPSA) is 55.1 Å². The van der Waals surface area contributed by atoms with Gasteiger partial charge in [0, 0.05) is 30.9 Å². The molecule has 0 aliphatic carbocycles. The summed E-state index contributed by atoms with van der Waals surface area (Å²) < 4.78 is 5.67. The van der Waals surface area contributed by atoms with Crippen LogP contribution in [0.4, 0.5) is 0 Å². The summed E-state index contributed by atoms with van der Waals surface area (Å²) >= 11 is 0. The fraction of sp³-hybridized carbons (Fsp3) is 0.412. The van der Waals surface area contributed by atoms with Crippen LogP contribution in [0.15, 0.2) is 34.7 Å². The van der Waals surface area contributed by atoms with E-state index in [1.165, 1.54) is 0 Å². The number of rotatable bonds is 4. The fourth-order valence-corrected chi connectivity index (χ4v) is 2.01. The van der Waals surface area contributed by atoms with Gasteiger partial charge >= 0.3 is 0 Å². The highest BCUT2D eigenvalue weighted by molar-refractivity contribution is 5.81. The lowest BCUT2D eigenvalue weighted by Gasteiger charge is -2.17. The average molecular weight is 286 g/mol. The number of aryl methyl sites for hydroxylation is 1. The number of hydrogen-bond acceptors (Lipinski definition) is 3. The number of nitrogens with zero attached hydrogens (tertiary/aromatic N) is 1.